The number of nitrogens with one attached hydrogen (secondary N) is 1. The number of hydrogen-bond donors (Lipinski definition) is 2. The van der Waals surface area contributed by atoms with Crippen LogP contribution < -0.4 is 0 Å². The number of rotatable bonds is 1. The predicted octanol–water partition coefficient (Wildman–Crippen LogP) is 2.26. The first-order chi connectivity index (χ1) is 8.27. The van der Waals surface area contributed by atoms with E-state index < -0.39 is 5.97 Å². The van der Waals surface area contributed by atoms with Crippen LogP contribution >= 0.6 is 0 Å². The summed E-state index contributed by atoms with van der Waals surface area (Å²) >= 11 is 0. The number of aromatic carboxylic acids is 1. The molecule has 0 atom stereocenters. The minimum absolute atomic E-state index is 0.233. The van der Waals surface area contributed by atoms with Crippen LogP contribution in [0.4, 0.5) is 0 Å². The first kappa shape index (κ1) is 10.1. The molecule has 1 aromatic carbocycles. The lowest BCUT2D eigenvalue weighted by Gasteiger charge is -2.02. The van der Waals surface area contributed by atoms with Crippen LogP contribution in [-0.4, -0.2) is 21.3 Å². The van der Waals surface area contributed by atoms with Crippen molar-refractivity contribution < 1.29 is 9.90 Å². The Balaban J connectivity index is 2.24. The van der Waals surface area contributed by atoms with Crippen LogP contribution in [0.25, 0.3) is 11.3 Å². The van der Waals surface area contributed by atoms with Crippen molar-refractivity contribution in [1.82, 2.24) is 10.2 Å². The van der Waals surface area contributed by atoms with Gasteiger partial charge in [-0.2, -0.15) is 5.10 Å². The smallest absolute Gasteiger partial charge is 0.354 e. The van der Waals surface area contributed by atoms with Crippen LogP contribution in [-0.2, 0) is 12.8 Å². The third kappa shape index (κ3) is 1.53. The number of H-pyrrole nitrogens is 1. The number of aryl methyl sites for hydroxylation is 1. The number of benzene rings is 1. The van der Waals surface area contributed by atoms with Gasteiger partial charge in [0.1, 0.15) is 5.69 Å². The lowest BCUT2D eigenvalue weighted by Crippen LogP contribution is -2.01. The number of aromatic nitrogens is 2. The van der Waals surface area contributed by atoms with Gasteiger partial charge in [-0.1, -0.05) is 24.3 Å². The summed E-state index contributed by atoms with van der Waals surface area (Å²) in [6.07, 6.45) is 2.71. The Hall–Kier alpha value is -2.10. The Kier molecular flexibility index (Phi) is 2.21. The van der Waals surface area contributed by atoms with Crippen molar-refractivity contribution in [2.45, 2.75) is 19.3 Å². The SMILES string of the molecule is O=C(O)c1[nH]nc2c1CCCc1ccccc1-2. The second-order valence-corrected chi connectivity index (χ2v) is 4.24. The number of aromatic amines is 1. The molecule has 4 nitrogen and oxygen atoms in total. The molecule has 0 fully saturated rings. The summed E-state index contributed by atoms with van der Waals surface area (Å²) in [7, 11) is 0. The largest absolute Gasteiger partial charge is 0.477 e. The van der Waals surface area contributed by atoms with Gasteiger partial charge in [0.25, 0.3) is 0 Å². The molecule has 0 aliphatic heterocycles. The van der Waals surface area contributed by atoms with E-state index >= 15 is 0 Å². The molecule has 0 amide bonds. The van der Waals surface area contributed by atoms with Crippen LogP contribution in [0.1, 0.15) is 28.0 Å². The Morgan fingerprint density at radius 3 is 2.94 bits per heavy atom. The van der Waals surface area contributed by atoms with E-state index in [-0.39, 0.29) is 5.69 Å². The van der Waals surface area contributed by atoms with Gasteiger partial charge < -0.3 is 5.11 Å². The highest BCUT2D eigenvalue weighted by atomic mass is 16.4. The summed E-state index contributed by atoms with van der Waals surface area (Å²) in [6, 6.07) is 8.06. The van der Waals surface area contributed by atoms with Crippen LogP contribution in [0.5, 0.6) is 0 Å². The number of hydrogen-bond acceptors (Lipinski definition) is 2. The fourth-order valence-corrected chi connectivity index (χ4v) is 2.43. The van der Waals surface area contributed by atoms with E-state index in [1.807, 2.05) is 18.2 Å². The zero-order valence-electron chi connectivity index (χ0n) is 9.23. The van der Waals surface area contributed by atoms with Gasteiger partial charge in [0.2, 0.25) is 0 Å². The molecule has 1 aliphatic carbocycles. The normalized spacial score (nSPS) is 13.6. The molecule has 3 rings (SSSR count). The first-order valence-electron chi connectivity index (χ1n) is 5.66. The van der Waals surface area contributed by atoms with E-state index in [1.165, 1.54) is 5.56 Å². The van der Waals surface area contributed by atoms with E-state index in [1.54, 1.807) is 0 Å². The third-order valence-electron chi connectivity index (χ3n) is 3.23. The Labute approximate surface area is 98.3 Å². The predicted molar refractivity (Wildman–Crippen MR) is 63.0 cm³/mol. The zero-order chi connectivity index (χ0) is 11.8. The molecule has 17 heavy (non-hydrogen) atoms. The van der Waals surface area contributed by atoms with E-state index in [2.05, 4.69) is 16.3 Å². The Bertz CT molecular complexity index is 587. The number of carboxylic acids is 1. The lowest BCUT2D eigenvalue weighted by atomic mass is 10.0. The van der Waals surface area contributed by atoms with Crippen molar-refractivity contribution in [3.8, 4) is 11.3 Å². The molecular weight excluding hydrogens is 216 g/mol. The van der Waals surface area contributed by atoms with Crippen molar-refractivity contribution in [3.05, 3.63) is 41.1 Å². The average Bonchev–Trinajstić information content (AvgIpc) is 2.66. The monoisotopic (exact) mass is 228 g/mol. The highest BCUT2D eigenvalue weighted by Crippen LogP contribution is 2.32. The van der Waals surface area contributed by atoms with E-state index in [0.717, 1.165) is 36.1 Å². The molecule has 86 valence electrons. The standard InChI is InChI=1S/C13H12N2O2/c16-13(17)12-10-7-3-5-8-4-1-2-6-9(8)11(10)14-15-12/h1-2,4,6H,3,5,7H2,(H,14,15)(H,16,17). The molecule has 0 bridgehead atoms. The number of carboxylic acid groups (broad SMARTS) is 1. The van der Waals surface area contributed by atoms with E-state index in [0.29, 0.717) is 0 Å². The minimum Gasteiger partial charge on any atom is -0.477 e. The molecule has 0 unspecified atom stereocenters. The van der Waals surface area contributed by atoms with Crippen molar-refractivity contribution in [3.63, 3.8) is 0 Å². The fourth-order valence-electron chi connectivity index (χ4n) is 2.43. The fraction of sp³-hybridized carbons (Fsp3) is 0.231. The molecule has 2 aromatic rings. The maximum Gasteiger partial charge on any atom is 0.354 e. The van der Waals surface area contributed by atoms with Crippen LogP contribution in [0.3, 0.4) is 0 Å². The third-order valence-corrected chi connectivity index (χ3v) is 3.23. The van der Waals surface area contributed by atoms with Crippen LogP contribution in [0, 0.1) is 0 Å². The van der Waals surface area contributed by atoms with Gasteiger partial charge in [-0.15, -0.1) is 0 Å². The maximum atomic E-state index is 11.1. The van der Waals surface area contributed by atoms with Gasteiger partial charge in [0, 0.05) is 11.1 Å². The molecule has 0 saturated heterocycles. The van der Waals surface area contributed by atoms with Gasteiger partial charge in [-0.25, -0.2) is 4.79 Å². The van der Waals surface area contributed by atoms with Crippen molar-refractivity contribution >= 4 is 5.97 Å². The summed E-state index contributed by atoms with van der Waals surface area (Å²) in [4.78, 5) is 11.1. The topological polar surface area (TPSA) is 66.0 Å². The van der Waals surface area contributed by atoms with Crippen molar-refractivity contribution in [2.24, 2.45) is 0 Å². The Morgan fingerprint density at radius 2 is 2.12 bits per heavy atom. The summed E-state index contributed by atoms with van der Waals surface area (Å²) < 4.78 is 0. The zero-order valence-corrected chi connectivity index (χ0v) is 9.23. The van der Waals surface area contributed by atoms with Gasteiger partial charge >= 0.3 is 5.97 Å². The van der Waals surface area contributed by atoms with Gasteiger partial charge in [-0.3, -0.25) is 5.10 Å². The maximum absolute atomic E-state index is 11.1. The van der Waals surface area contributed by atoms with Gasteiger partial charge in [-0.05, 0) is 24.8 Å². The van der Waals surface area contributed by atoms with E-state index in [4.69, 9.17) is 5.11 Å². The second-order valence-electron chi connectivity index (χ2n) is 4.24. The van der Waals surface area contributed by atoms with Crippen molar-refractivity contribution in [2.75, 3.05) is 0 Å². The molecule has 1 aliphatic rings. The molecular formula is C13H12N2O2. The lowest BCUT2D eigenvalue weighted by molar-refractivity contribution is 0.0689. The molecule has 0 saturated carbocycles. The van der Waals surface area contributed by atoms with Gasteiger partial charge in [0.05, 0.1) is 5.69 Å². The van der Waals surface area contributed by atoms with Crippen molar-refractivity contribution in [1.29, 1.82) is 0 Å². The summed E-state index contributed by atoms with van der Waals surface area (Å²) in [5, 5.41) is 15.9. The number of fused-ring (bicyclic) bond motifs is 3. The summed E-state index contributed by atoms with van der Waals surface area (Å²) in [6.45, 7) is 0. The second kappa shape index (κ2) is 3.73. The van der Waals surface area contributed by atoms with Crippen LogP contribution in [0.2, 0.25) is 0 Å². The molecule has 1 aromatic heterocycles. The highest BCUT2D eigenvalue weighted by molar-refractivity contribution is 5.90. The minimum atomic E-state index is -0.932. The number of nitrogens with zero attached hydrogens (tertiary/aromatic N) is 1. The quantitative estimate of drug-likeness (QED) is 0.786. The molecule has 1 heterocycles. The molecule has 2 N–H and O–H groups in total. The highest BCUT2D eigenvalue weighted by Gasteiger charge is 2.22. The average molecular weight is 228 g/mol. The number of carbonyl (C=O) groups is 1. The summed E-state index contributed by atoms with van der Waals surface area (Å²) in [5.41, 5.74) is 4.17. The Morgan fingerprint density at radius 1 is 1.29 bits per heavy atom. The molecule has 0 spiro atoms. The summed E-state index contributed by atoms with van der Waals surface area (Å²) in [5.74, 6) is -0.932. The first-order valence-corrected chi connectivity index (χ1v) is 5.66. The molecule has 0 radical (unpaired) electrons. The molecule has 4 heteroatoms. The van der Waals surface area contributed by atoms with Gasteiger partial charge in [0.15, 0.2) is 0 Å². The van der Waals surface area contributed by atoms with E-state index in [9.17, 15) is 4.79 Å². The van der Waals surface area contributed by atoms with Crippen LogP contribution in [0.15, 0.2) is 24.3 Å².